The van der Waals surface area contributed by atoms with Crippen molar-refractivity contribution in [3.63, 3.8) is 0 Å². The molecule has 0 unspecified atom stereocenters. The number of hydrogen-bond acceptors (Lipinski definition) is 2. The number of nitrogens with zero attached hydrogens (tertiary/aromatic N) is 1. The number of aromatic nitrogens is 1. The van der Waals surface area contributed by atoms with Crippen molar-refractivity contribution in [3.05, 3.63) is 29.6 Å². The Kier molecular flexibility index (Phi) is 2.97. The highest BCUT2D eigenvalue weighted by molar-refractivity contribution is 5.93. The van der Waals surface area contributed by atoms with Crippen molar-refractivity contribution in [3.8, 4) is 0 Å². The molecule has 3 N–H and O–H groups in total. The fourth-order valence-corrected chi connectivity index (χ4v) is 1.24. The molecule has 1 aromatic heterocycles. The molecule has 0 aliphatic rings. The molecule has 0 fully saturated rings. The van der Waals surface area contributed by atoms with Crippen LogP contribution in [0.4, 0.5) is 0 Å². The zero-order valence-corrected chi connectivity index (χ0v) is 7.53. The molecule has 1 rings (SSSR count). The third kappa shape index (κ3) is 2.03. The van der Waals surface area contributed by atoms with E-state index in [9.17, 15) is 4.79 Å². The van der Waals surface area contributed by atoms with Crippen molar-refractivity contribution in [2.24, 2.45) is 5.73 Å². The van der Waals surface area contributed by atoms with E-state index in [4.69, 9.17) is 10.8 Å². The Morgan fingerprint density at radius 1 is 1.69 bits per heavy atom. The van der Waals surface area contributed by atoms with E-state index in [1.165, 1.54) is 0 Å². The largest absolute Gasteiger partial charge is 0.390 e. The topological polar surface area (TPSA) is 67.2 Å². The zero-order valence-electron chi connectivity index (χ0n) is 7.53. The van der Waals surface area contributed by atoms with Gasteiger partial charge in [-0.05, 0) is 6.07 Å². The average Bonchev–Trinajstić information content (AvgIpc) is 2.08. The van der Waals surface area contributed by atoms with Crippen LogP contribution in [0.1, 0.15) is 16.1 Å². The molecular formula is C9H13N2O2+. The lowest BCUT2D eigenvalue weighted by molar-refractivity contribution is -0.704. The summed E-state index contributed by atoms with van der Waals surface area (Å²) in [5.41, 5.74) is 6.44. The first kappa shape index (κ1) is 9.67. The molecule has 0 atom stereocenters. The summed E-state index contributed by atoms with van der Waals surface area (Å²) in [4.78, 5) is 10.9. The van der Waals surface area contributed by atoms with Crippen molar-refractivity contribution in [1.29, 1.82) is 0 Å². The summed E-state index contributed by atoms with van der Waals surface area (Å²) in [5.74, 6) is -0.440. The molecule has 0 bridgehead atoms. The third-order valence-corrected chi connectivity index (χ3v) is 1.96. The van der Waals surface area contributed by atoms with Crippen LogP contribution in [-0.2, 0) is 6.54 Å². The molecule has 70 valence electrons. The Morgan fingerprint density at radius 3 is 2.92 bits per heavy atom. The summed E-state index contributed by atoms with van der Waals surface area (Å²) in [5, 5.41) is 8.74. The number of rotatable bonds is 3. The molecule has 13 heavy (non-hydrogen) atoms. The molecular weight excluding hydrogens is 168 g/mol. The van der Waals surface area contributed by atoms with Crippen LogP contribution in [0.5, 0.6) is 0 Å². The van der Waals surface area contributed by atoms with E-state index in [1.807, 2.05) is 0 Å². The number of aliphatic hydroxyl groups is 1. The van der Waals surface area contributed by atoms with Gasteiger partial charge in [-0.2, -0.15) is 4.57 Å². The normalized spacial score (nSPS) is 10.0. The first-order valence-corrected chi connectivity index (χ1v) is 4.06. The Morgan fingerprint density at radius 2 is 2.38 bits per heavy atom. The van der Waals surface area contributed by atoms with Crippen LogP contribution in [0.2, 0.25) is 0 Å². The van der Waals surface area contributed by atoms with Crippen LogP contribution >= 0.6 is 0 Å². The third-order valence-electron chi connectivity index (χ3n) is 1.96. The molecule has 0 saturated carbocycles. The lowest BCUT2D eigenvalue weighted by Crippen LogP contribution is -2.40. The van der Waals surface area contributed by atoms with E-state index >= 15 is 0 Å². The number of nitrogens with two attached hydrogens (primary N) is 1. The molecule has 0 aromatic carbocycles. The SMILES string of the molecule is Cc1c(C(N)=O)ccc[n+]1CCO. The second-order valence-corrected chi connectivity index (χ2v) is 2.79. The first-order chi connectivity index (χ1) is 6.16. The Hall–Kier alpha value is -1.42. The molecule has 0 saturated heterocycles. The van der Waals surface area contributed by atoms with Gasteiger partial charge in [-0.15, -0.1) is 0 Å². The second-order valence-electron chi connectivity index (χ2n) is 2.79. The van der Waals surface area contributed by atoms with Crippen LogP contribution in [0, 0.1) is 6.92 Å². The summed E-state index contributed by atoms with van der Waals surface area (Å²) in [7, 11) is 0. The van der Waals surface area contributed by atoms with E-state index < -0.39 is 5.91 Å². The fourth-order valence-electron chi connectivity index (χ4n) is 1.24. The van der Waals surface area contributed by atoms with Crippen molar-refractivity contribution in [2.45, 2.75) is 13.5 Å². The molecule has 1 heterocycles. The maximum absolute atomic E-state index is 10.9. The Balaban J connectivity index is 3.10. The summed E-state index contributed by atoms with van der Waals surface area (Å²) < 4.78 is 1.79. The minimum Gasteiger partial charge on any atom is -0.390 e. The van der Waals surface area contributed by atoms with Crippen LogP contribution in [0.15, 0.2) is 18.3 Å². The number of hydrogen-bond donors (Lipinski definition) is 2. The molecule has 0 spiro atoms. The minimum atomic E-state index is -0.440. The number of amides is 1. The van der Waals surface area contributed by atoms with Gasteiger partial charge in [-0.1, -0.05) is 0 Å². The summed E-state index contributed by atoms with van der Waals surface area (Å²) >= 11 is 0. The van der Waals surface area contributed by atoms with Gasteiger partial charge in [0.05, 0.1) is 0 Å². The molecule has 0 aliphatic carbocycles. The van der Waals surface area contributed by atoms with E-state index in [1.54, 1.807) is 29.8 Å². The van der Waals surface area contributed by atoms with Gasteiger partial charge in [0.2, 0.25) is 0 Å². The minimum absolute atomic E-state index is 0.0493. The zero-order chi connectivity index (χ0) is 9.84. The molecule has 0 radical (unpaired) electrons. The number of pyridine rings is 1. The monoisotopic (exact) mass is 181 g/mol. The molecule has 1 amide bonds. The van der Waals surface area contributed by atoms with Crippen LogP contribution in [0.3, 0.4) is 0 Å². The highest BCUT2D eigenvalue weighted by Crippen LogP contribution is 2.00. The maximum atomic E-state index is 10.9. The van der Waals surface area contributed by atoms with Gasteiger partial charge in [-0.25, -0.2) is 0 Å². The second kappa shape index (κ2) is 4.00. The fraction of sp³-hybridized carbons (Fsp3) is 0.333. The number of carbonyl (C=O) groups is 1. The molecule has 1 aromatic rings. The van der Waals surface area contributed by atoms with Crippen molar-refractivity contribution in [1.82, 2.24) is 0 Å². The van der Waals surface area contributed by atoms with Crippen LogP contribution < -0.4 is 10.3 Å². The molecule has 0 aliphatic heterocycles. The van der Waals surface area contributed by atoms with E-state index in [-0.39, 0.29) is 6.61 Å². The summed E-state index contributed by atoms with van der Waals surface area (Å²) in [6, 6.07) is 3.41. The van der Waals surface area contributed by atoms with E-state index in [0.717, 1.165) is 5.69 Å². The van der Waals surface area contributed by atoms with Crippen molar-refractivity contribution >= 4 is 5.91 Å². The smallest absolute Gasteiger partial charge is 0.255 e. The lowest BCUT2D eigenvalue weighted by Gasteiger charge is -2.01. The first-order valence-electron chi connectivity index (χ1n) is 4.06. The predicted octanol–water partition coefficient (Wildman–Crippen LogP) is -0.626. The molecule has 4 heteroatoms. The van der Waals surface area contributed by atoms with Gasteiger partial charge in [0.25, 0.3) is 5.91 Å². The average molecular weight is 181 g/mol. The van der Waals surface area contributed by atoms with Crippen molar-refractivity contribution < 1.29 is 14.5 Å². The van der Waals surface area contributed by atoms with Crippen molar-refractivity contribution in [2.75, 3.05) is 6.61 Å². The van der Waals surface area contributed by atoms with Gasteiger partial charge >= 0.3 is 0 Å². The Labute approximate surface area is 76.6 Å². The predicted molar refractivity (Wildman–Crippen MR) is 47.0 cm³/mol. The Bertz CT molecular complexity index is 323. The maximum Gasteiger partial charge on any atom is 0.255 e. The lowest BCUT2D eigenvalue weighted by atomic mass is 10.2. The van der Waals surface area contributed by atoms with Gasteiger partial charge in [0.1, 0.15) is 12.2 Å². The van der Waals surface area contributed by atoms with E-state index in [2.05, 4.69) is 0 Å². The summed E-state index contributed by atoms with van der Waals surface area (Å²) in [6.07, 6.45) is 1.80. The van der Waals surface area contributed by atoms with Crippen LogP contribution in [0.25, 0.3) is 0 Å². The van der Waals surface area contributed by atoms with Gasteiger partial charge in [0, 0.05) is 13.0 Å². The molecule has 4 nitrogen and oxygen atoms in total. The van der Waals surface area contributed by atoms with Gasteiger partial charge < -0.3 is 10.8 Å². The summed E-state index contributed by atoms with van der Waals surface area (Å²) in [6.45, 7) is 2.33. The highest BCUT2D eigenvalue weighted by Gasteiger charge is 2.13. The van der Waals surface area contributed by atoms with Gasteiger partial charge in [0.15, 0.2) is 18.4 Å². The number of aliphatic hydroxyl groups excluding tert-OH is 1. The van der Waals surface area contributed by atoms with Gasteiger partial charge in [-0.3, -0.25) is 4.79 Å². The number of primary amides is 1. The van der Waals surface area contributed by atoms with Crippen LogP contribution in [-0.4, -0.2) is 17.6 Å². The highest BCUT2D eigenvalue weighted by atomic mass is 16.3. The quantitative estimate of drug-likeness (QED) is 0.610. The van der Waals surface area contributed by atoms with E-state index in [0.29, 0.717) is 12.1 Å². The number of carbonyl (C=O) groups excluding carboxylic acids is 1. The standard InChI is InChI=1S/C9H12N2O2/c1-7-8(9(10)13)3-2-4-11(7)5-6-12/h2-4,12H,5-6H2,1H3,(H-,10,13)/p+1.